The first-order valence-corrected chi connectivity index (χ1v) is 6.15. The van der Waals surface area contributed by atoms with E-state index in [0.29, 0.717) is 6.04 Å². The molecule has 2 unspecified atom stereocenters. The van der Waals surface area contributed by atoms with Crippen molar-refractivity contribution in [1.29, 1.82) is 5.26 Å². The molecular weight excluding hydrogens is 202 g/mol. The average Bonchev–Trinajstić information content (AvgIpc) is 2.36. The monoisotopic (exact) mass is 221 g/mol. The van der Waals surface area contributed by atoms with Crippen LogP contribution in [0.15, 0.2) is 0 Å². The zero-order chi connectivity index (χ0) is 11.5. The Morgan fingerprint density at radius 2 is 2.19 bits per heavy atom. The van der Waals surface area contributed by atoms with Crippen molar-refractivity contribution in [1.82, 2.24) is 9.80 Å². The van der Waals surface area contributed by atoms with Gasteiger partial charge in [-0.15, -0.1) is 0 Å². The molecule has 0 aliphatic carbocycles. The number of nitrogens with zero attached hydrogens (tertiary/aromatic N) is 3. The molecule has 0 radical (unpaired) electrons. The molecule has 0 N–H and O–H groups in total. The fourth-order valence-electron chi connectivity index (χ4n) is 2.69. The second-order valence-corrected chi connectivity index (χ2v) is 4.82. The quantitative estimate of drug-likeness (QED) is 0.659. The highest BCUT2D eigenvalue weighted by Crippen LogP contribution is 2.21. The molecule has 4 heteroatoms. The van der Waals surface area contributed by atoms with E-state index < -0.39 is 5.92 Å². The Labute approximate surface area is 96.8 Å². The van der Waals surface area contributed by atoms with Crippen LogP contribution < -0.4 is 0 Å². The van der Waals surface area contributed by atoms with Gasteiger partial charge in [-0.25, -0.2) is 0 Å². The maximum absolute atomic E-state index is 11.9. The molecule has 2 rings (SSSR count). The predicted molar refractivity (Wildman–Crippen MR) is 60.6 cm³/mol. The molecule has 2 aliphatic rings. The van der Waals surface area contributed by atoms with Crippen LogP contribution in [0.4, 0.5) is 0 Å². The van der Waals surface area contributed by atoms with Crippen LogP contribution in [-0.2, 0) is 4.79 Å². The van der Waals surface area contributed by atoms with E-state index in [-0.39, 0.29) is 5.91 Å². The lowest BCUT2D eigenvalue weighted by Crippen LogP contribution is -2.56. The highest BCUT2D eigenvalue weighted by molar-refractivity contribution is 5.80. The lowest BCUT2D eigenvalue weighted by molar-refractivity contribution is -0.136. The van der Waals surface area contributed by atoms with E-state index in [1.54, 1.807) is 6.92 Å². The Balaban J connectivity index is 1.95. The molecule has 0 aromatic heterocycles. The normalized spacial score (nSPS) is 28.0. The molecule has 1 amide bonds. The van der Waals surface area contributed by atoms with Gasteiger partial charge in [-0.05, 0) is 26.3 Å². The zero-order valence-corrected chi connectivity index (χ0v) is 9.85. The summed E-state index contributed by atoms with van der Waals surface area (Å²) in [5, 5.41) is 8.76. The van der Waals surface area contributed by atoms with E-state index >= 15 is 0 Å². The Hall–Kier alpha value is -1.08. The first-order chi connectivity index (χ1) is 7.72. The first-order valence-electron chi connectivity index (χ1n) is 6.15. The highest BCUT2D eigenvalue weighted by atomic mass is 16.2. The molecule has 0 bridgehead atoms. The Morgan fingerprint density at radius 1 is 1.38 bits per heavy atom. The molecule has 2 saturated heterocycles. The molecule has 0 spiro atoms. The average molecular weight is 221 g/mol. The van der Waals surface area contributed by atoms with Crippen LogP contribution in [0, 0.1) is 17.2 Å². The van der Waals surface area contributed by atoms with Crippen molar-refractivity contribution in [2.75, 3.05) is 26.2 Å². The number of hydrogen-bond acceptors (Lipinski definition) is 3. The van der Waals surface area contributed by atoms with Gasteiger partial charge in [0, 0.05) is 25.7 Å². The van der Waals surface area contributed by atoms with Gasteiger partial charge in [0.15, 0.2) is 0 Å². The largest absolute Gasteiger partial charge is 0.339 e. The van der Waals surface area contributed by atoms with Crippen molar-refractivity contribution in [3.8, 4) is 6.07 Å². The third-order valence-electron chi connectivity index (χ3n) is 3.71. The molecule has 2 atom stereocenters. The van der Waals surface area contributed by atoms with Gasteiger partial charge in [-0.3, -0.25) is 9.69 Å². The molecule has 0 aromatic carbocycles. The summed E-state index contributed by atoms with van der Waals surface area (Å²) < 4.78 is 0. The van der Waals surface area contributed by atoms with Crippen LogP contribution in [0.5, 0.6) is 0 Å². The number of nitriles is 1. The summed E-state index contributed by atoms with van der Waals surface area (Å²) in [6.45, 7) is 5.47. The molecule has 2 aliphatic heterocycles. The summed E-state index contributed by atoms with van der Waals surface area (Å²) in [6.07, 6.45) is 3.76. The Bertz CT molecular complexity index is 310. The van der Waals surface area contributed by atoms with Crippen molar-refractivity contribution in [2.45, 2.75) is 32.2 Å². The fraction of sp³-hybridized carbons (Fsp3) is 0.833. The molecule has 88 valence electrons. The highest BCUT2D eigenvalue weighted by Gasteiger charge is 2.32. The van der Waals surface area contributed by atoms with Gasteiger partial charge in [-0.2, -0.15) is 5.26 Å². The van der Waals surface area contributed by atoms with Crippen LogP contribution in [0.3, 0.4) is 0 Å². The number of carbonyl (C=O) groups is 1. The second-order valence-electron chi connectivity index (χ2n) is 4.82. The summed E-state index contributed by atoms with van der Waals surface area (Å²) in [6, 6.07) is 2.57. The minimum Gasteiger partial charge on any atom is -0.339 e. The van der Waals surface area contributed by atoms with Crippen molar-refractivity contribution in [3.05, 3.63) is 0 Å². The lowest BCUT2D eigenvalue weighted by Gasteiger charge is -2.44. The Morgan fingerprint density at radius 3 is 2.94 bits per heavy atom. The maximum atomic E-state index is 11.9. The number of carbonyl (C=O) groups excluding carboxylic acids is 1. The third-order valence-corrected chi connectivity index (χ3v) is 3.71. The van der Waals surface area contributed by atoms with Gasteiger partial charge in [-0.1, -0.05) is 6.42 Å². The SMILES string of the molecule is CC(C#N)C(=O)N1CCN2CCCCC2C1. The maximum Gasteiger partial charge on any atom is 0.239 e. The smallest absolute Gasteiger partial charge is 0.239 e. The van der Waals surface area contributed by atoms with Crippen LogP contribution in [0.1, 0.15) is 26.2 Å². The Kier molecular flexibility index (Phi) is 3.45. The van der Waals surface area contributed by atoms with E-state index in [1.807, 2.05) is 11.0 Å². The number of fused-ring (bicyclic) bond motifs is 1. The standard InChI is InChI=1S/C12H19N3O/c1-10(8-13)12(16)15-7-6-14-5-3-2-4-11(14)9-15/h10-11H,2-7,9H2,1H3. The summed E-state index contributed by atoms with van der Waals surface area (Å²) in [4.78, 5) is 16.3. The molecule has 16 heavy (non-hydrogen) atoms. The van der Waals surface area contributed by atoms with Gasteiger partial charge in [0.25, 0.3) is 0 Å². The lowest BCUT2D eigenvalue weighted by atomic mass is 9.99. The molecule has 0 aromatic rings. The van der Waals surface area contributed by atoms with E-state index in [4.69, 9.17) is 5.26 Å². The minimum atomic E-state index is -0.491. The summed E-state index contributed by atoms with van der Waals surface area (Å²) in [5.41, 5.74) is 0. The van der Waals surface area contributed by atoms with Crippen LogP contribution in [0.2, 0.25) is 0 Å². The molecular formula is C12H19N3O. The van der Waals surface area contributed by atoms with Gasteiger partial charge in [0.05, 0.1) is 6.07 Å². The topological polar surface area (TPSA) is 47.3 Å². The van der Waals surface area contributed by atoms with E-state index in [2.05, 4.69) is 4.90 Å². The summed E-state index contributed by atoms with van der Waals surface area (Å²) in [7, 11) is 0. The van der Waals surface area contributed by atoms with Gasteiger partial charge < -0.3 is 4.90 Å². The number of piperazine rings is 1. The van der Waals surface area contributed by atoms with E-state index in [9.17, 15) is 4.79 Å². The number of rotatable bonds is 1. The van der Waals surface area contributed by atoms with E-state index in [0.717, 1.165) is 19.6 Å². The third kappa shape index (κ3) is 2.19. The second kappa shape index (κ2) is 4.84. The van der Waals surface area contributed by atoms with Crippen molar-refractivity contribution in [3.63, 3.8) is 0 Å². The van der Waals surface area contributed by atoms with Gasteiger partial charge in [0.2, 0.25) is 5.91 Å². The molecule has 4 nitrogen and oxygen atoms in total. The molecule has 0 saturated carbocycles. The predicted octanol–water partition coefficient (Wildman–Crippen LogP) is 0.843. The number of amides is 1. The number of piperidine rings is 1. The van der Waals surface area contributed by atoms with Crippen molar-refractivity contribution in [2.24, 2.45) is 5.92 Å². The van der Waals surface area contributed by atoms with Crippen LogP contribution in [-0.4, -0.2) is 47.9 Å². The van der Waals surface area contributed by atoms with Gasteiger partial charge >= 0.3 is 0 Å². The molecule has 2 fully saturated rings. The zero-order valence-electron chi connectivity index (χ0n) is 9.85. The van der Waals surface area contributed by atoms with Crippen LogP contribution in [0.25, 0.3) is 0 Å². The van der Waals surface area contributed by atoms with Gasteiger partial charge in [0.1, 0.15) is 5.92 Å². The van der Waals surface area contributed by atoms with Crippen molar-refractivity contribution < 1.29 is 4.79 Å². The fourth-order valence-corrected chi connectivity index (χ4v) is 2.69. The minimum absolute atomic E-state index is 0.00715. The van der Waals surface area contributed by atoms with Crippen molar-refractivity contribution >= 4 is 5.91 Å². The summed E-state index contributed by atoms with van der Waals surface area (Å²) in [5.74, 6) is -0.483. The number of hydrogen-bond donors (Lipinski definition) is 0. The first kappa shape index (κ1) is 11.4. The summed E-state index contributed by atoms with van der Waals surface area (Å²) >= 11 is 0. The van der Waals surface area contributed by atoms with E-state index in [1.165, 1.54) is 25.8 Å². The van der Waals surface area contributed by atoms with Crippen LogP contribution >= 0.6 is 0 Å². The molecule has 2 heterocycles.